The summed E-state index contributed by atoms with van der Waals surface area (Å²) in [6, 6.07) is 4.67. The Bertz CT molecular complexity index is 459. The molecule has 1 N–H and O–H groups in total. The number of nitrogens with zero attached hydrogens (tertiary/aromatic N) is 1. The van der Waals surface area contributed by atoms with Crippen LogP contribution in [0.25, 0.3) is 0 Å². The van der Waals surface area contributed by atoms with Crippen molar-refractivity contribution in [2.75, 3.05) is 11.1 Å². The molecule has 0 unspecified atom stereocenters. The number of nitrogens with one attached hydrogen (secondary N) is 1. The van der Waals surface area contributed by atoms with Crippen LogP contribution in [0.1, 0.15) is 10.4 Å². The number of nitroso groups, excluding NO2 is 1. The normalized spacial score (nSPS) is 14.0. The molecule has 5 nitrogen and oxygen atoms in total. The van der Waals surface area contributed by atoms with Crippen molar-refractivity contribution in [3.05, 3.63) is 28.7 Å². The lowest BCUT2D eigenvalue weighted by Gasteiger charge is -2.15. The average Bonchev–Trinajstić information content (AvgIpc) is 2.27. The first-order chi connectivity index (χ1) is 7.20. The van der Waals surface area contributed by atoms with E-state index < -0.39 is 5.91 Å². The Morgan fingerprint density at radius 1 is 1.47 bits per heavy atom. The zero-order valence-electron chi connectivity index (χ0n) is 7.52. The lowest BCUT2D eigenvalue weighted by Crippen LogP contribution is -2.18. The van der Waals surface area contributed by atoms with E-state index in [2.05, 4.69) is 10.5 Å². The van der Waals surface area contributed by atoms with Crippen LogP contribution in [0, 0.1) is 4.91 Å². The third kappa shape index (κ3) is 1.89. The van der Waals surface area contributed by atoms with Gasteiger partial charge in [0.25, 0.3) is 0 Å². The predicted octanol–water partition coefficient (Wildman–Crippen LogP) is 1.64. The van der Waals surface area contributed by atoms with Gasteiger partial charge in [-0.3, -0.25) is 9.59 Å². The summed E-state index contributed by atoms with van der Waals surface area (Å²) >= 11 is 1.39. The molecule has 76 valence electrons. The van der Waals surface area contributed by atoms with E-state index in [9.17, 15) is 14.5 Å². The molecule has 1 aliphatic rings. The lowest BCUT2D eigenvalue weighted by molar-refractivity contribution is -0.113. The minimum absolute atomic E-state index is 0.115. The second kappa shape index (κ2) is 3.82. The van der Waals surface area contributed by atoms with E-state index in [4.69, 9.17) is 0 Å². The summed E-state index contributed by atoms with van der Waals surface area (Å²) in [6.45, 7) is 0. The predicted molar refractivity (Wildman–Crippen MR) is 55.9 cm³/mol. The molecule has 0 atom stereocenters. The summed E-state index contributed by atoms with van der Waals surface area (Å²) in [5.41, 5.74) is 0.748. The summed E-state index contributed by atoms with van der Waals surface area (Å²) in [6.07, 6.45) is 0. The molecule has 2 rings (SSSR count). The van der Waals surface area contributed by atoms with Crippen LogP contribution >= 0.6 is 11.8 Å². The highest BCUT2D eigenvalue weighted by atomic mass is 32.2. The van der Waals surface area contributed by atoms with Crippen molar-refractivity contribution >= 4 is 29.3 Å². The first-order valence-corrected chi connectivity index (χ1v) is 5.13. The molecule has 0 bridgehead atoms. The molecule has 0 saturated heterocycles. The maximum Gasteiger partial charge on any atom is 0.316 e. The van der Waals surface area contributed by atoms with Crippen LogP contribution in [0.3, 0.4) is 0 Å². The quantitative estimate of drug-likeness (QED) is 0.733. The highest BCUT2D eigenvalue weighted by Gasteiger charge is 2.17. The van der Waals surface area contributed by atoms with Crippen LogP contribution in [0.4, 0.5) is 5.69 Å². The standard InChI is InChI=1S/C9H6N2O3S/c12-8-4-15-7-2-1-5(9(13)11-14)3-6(7)10-8/h1-3H,4H2,(H,10,12). The fraction of sp³-hybridized carbons (Fsp3) is 0.111. The van der Waals surface area contributed by atoms with Crippen LogP contribution in [0.15, 0.2) is 28.3 Å². The maximum absolute atomic E-state index is 11.1. The van der Waals surface area contributed by atoms with E-state index in [1.54, 1.807) is 6.07 Å². The number of hydrogen-bond donors (Lipinski definition) is 1. The Labute approximate surface area is 89.2 Å². The zero-order valence-corrected chi connectivity index (χ0v) is 8.34. The van der Waals surface area contributed by atoms with Crippen molar-refractivity contribution in [1.29, 1.82) is 0 Å². The molecule has 2 amide bonds. The van der Waals surface area contributed by atoms with Crippen molar-refractivity contribution in [1.82, 2.24) is 0 Å². The highest BCUT2D eigenvalue weighted by Crippen LogP contribution is 2.31. The van der Waals surface area contributed by atoms with Crippen LogP contribution in [0.5, 0.6) is 0 Å². The fourth-order valence-corrected chi connectivity index (χ4v) is 2.06. The van der Waals surface area contributed by atoms with Crippen LogP contribution < -0.4 is 5.32 Å². The molecule has 0 aromatic heterocycles. The number of rotatable bonds is 1. The van der Waals surface area contributed by atoms with Crippen LogP contribution in [-0.2, 0) is 4.79 Å². The molecular formula is C9H6N2O3S. The average molecular weight is 222 g/mol. The van der Waals surface area contributed by atoms with Crippen LogP contribution in [0.2, 0.25) is 0 Å². The molecule has 6 heteroatoms. The molecule has 1 aromatic carbocycles. The number of anilines is 1. The summed E-state index contributed by atoms with van der Waals surface area (Å²) in [4.78, 5) is 33.0. The van der Waals surface area contributed by atoms with Gasteiger partial charge in [-0.05, 0) is 18.2 Å². The Kier molecular flexibility index (Phi) is 2.51. The van der Waals surface area contributed by atoms with Gasteiger partial charge >= 0.3 is 5.91 Å². The van der Waals surface area contributed by atoms with Gasteiger partial charge in [0.2, 0.25) is 5.91 Å². The minimum Gasteiger partial charge on any atom is -0.324 e. The number of carbonyl (C=O) groups is 2. The van der Waals surface area contributed by atoms with Gasteiger partial charge in [0.1, 0.15) is 0 Å². The van der Waals surface area contributed by atoms with Gasteiger partial charge in [-0.25, -0.2) is 0 Å². The van der Waals surface area contributed by atoms with E-state index in [-0.39, 0.29) is 11.5 Å². The zero-order chi connectivity index (χ0) is 10.8. The largest absolute Gasteiger partial charge is 0.324 e. The molecule has 1 aromatic rings. The number of fused-ring (bicyclic) bond motifs is 1. The number of amides is 2. The Balaban J connectivity index is 2.40. The second-order valence-corrected chi connectivity index (χ2v) is 3.96. The number of thioether (sulfide) groups is 1. The van der Waals surface area contributed by atoms with Gasteiger partial charge in [-0.15, -0.1) is 16.7 Å². The van der Waals surface area contributed by atoms with Gasteiger partial charge in [-0.2, -0.15) is 0 Å². The molecule has 0 spiro atoms. The van der Waals surface area contributed by atoms with Gasteiger partial charge in [0.15, 0.2) is 0 Å². The summed E-state index contributed by atoms with van der Waals surface area (Å²) < 4.78 is 0. The molecule has 1 aliphatic heterocycles. The topological polar surface area (TPSA) is 75.6 Å². The summed E-state index contributed by atoms with van der Waals surface area (Å²) in [7, 11) is 0. The highest BCUT2D eigenvalue weighted by molar-refractivity contribution is 8.00. The number of carbonyl (C=O) groups excluding carboxylic acids is 2. The van der Waals surface area contributed by atoms with Gasteiger partial charge in [-0.1, -0.05) is 0 Å². The van der Waals surface area contributed by atoms with E-state index >= 15 is 0 Å². The Hall–Kier alpha value is -1.69. The van der Waals surface area contributed by atoms with Crippen molar-refractivity contribution in [2.45, 2.75) is 4.90 Å². The summed E-state index contributed by atoms with van der Waals surface area (Å²) in [5, 5.41) is 4.94. The number of benzene rings is 1. The van der Waals surface area contributed by atoms with Crippen LogP contribution in [-0.4, -0.2) is 17.6 Å². The third-order valence-electron chi connectivity index (χ3n) is 1.94. The monoisotopic (exact) mass is 222 g/mol. The second-order valence-electron chi connectivity index (χ2n) is 2.94. The smallest absolute Gasteiger partial charge is 0.316 e. The molecule has 0 saturated carbocycles. The molecule has 0 fully saturated rings. The SMILES string of the molecule is O=NC(=O)c1ccc2c(c1)NC(=O)CS2. The van der Waals surface area contributed by atoms with E-state index in [1.807, 2.05) is 0 Å². The van der Waals surface area contributed by atoms with Crippen molar-refractivity contribution in [3.8, 4) is 0 Å². The first-order valence-electron chi connectivity index (χ1n) is 4.15. The minimum atomic E-state index is -0.831. The lowest BCUT2D eigenvalue weighted by atomic mass is 10.2. The van der Waals surface area contributed by atoms with E-state index in [0.717, 1.165) is 4.90 Å². The van der Waals surface area contributed by atoms with Gasteiger partial charge < -0.3 is 5.32 Å². The van der Waals surface area contributed by atoms with Crippen molar-refractivity contribution in [3.63, 3.8) is 0 Å². The Morgan fingerprint density at radius 3 is 3.00 bits per heavy atom. The third-order valence-corrected chi connectivity index (χ3v) is 3.02. The van der Waals surface area contributed by atoms with Gasteiger partial charge in [0.05, 0.1) is 11.4 Å². The molecule has 0 aliphatic carbocycles. The molecular weight excluding hydrogens is 216 g/mol. The Morgan fingerprint density at radius 2 is 2.27 bits per heavy atom. The summed E-state index contributed by atoms with van der Waals surface area (Å²) in [5.74, 6) is -0.578. The molecule has 0 radical (unpaired) electrons. The fourth-order valence-electron chi connectivity index (χ4n) is 1.27. The van der Waals surface area contributed by atoms with Crippen molar-refractivity contribution < 1.29 is 9.59 Å². The van der Waals surface area contributed by atoms with E-state index in [0.29, 0.717) is 11.4 Å². The van der Waals surface area contributed by atoms with E-state index in [1.165, 1.54) is 23.9 Å². The number of hydrogen-bond acceptors (Lipinski definition) is 4. The molecule has 15 heavy (non-hydrogen) atoms. The maximum atomic E-state index is 11.1. The molecule has 1 heterocycles. The van der Waals surface area contributed by atoms with Crippen molar-refractivity contribution in [2.24, 2.45) is 5.18 Å². The first kappa shape index (κ1) is 9.85. The van der Waals surface area contributed by atoms with Gasteiger partial charge in [0, 0.05) is 15.6 Å².